The Balaban J connectivity index is 1.89. The summed E-state index contributed by atoms with van der Waals surface area (Å²) in [6, 6.07) is 5.01. The van der Waals surface area contributed by atoms with Crippen molar-refractivity contribution in [2.24, 2.45) is 5.41 Å². The van der Waals surface area contributed by atoms with Gasteiger partial charge in [-0.1, -0.05) is 0 Å². The van der Waals surface area contributed by atoms with Crippen molar-refractivity contribution in [3.8, 4) is 5.75 Å². The van der Waals surface area contributed by atoms with Crippen LogP contribution in [0, 0.1) is 5.41 Å². The minimum atomic E-state index is -1.25. The standard InChI is InChI=1S/C16H20N2O4/c1-15(2)8-11(10-7-9(17)3-4-12(10)22-15)18-13(19)16(5-6-16)14(20)21/h3-4,7,11H,5-6,8,17H2,1-2H3,(H,18,19)(H,20,21)/t11-/m0/s1. The van der Waals surface area contributed by atoms with E-state index in [-0.39, 0.29) is 6.04 Å². The average molecular weight is 304 g/mol. The Morgan fingerprint density at radius 2 is 2.05 bits per heavy atom. The number of benzene rings is 1. The lowest BCUT2D eigenvalue weighted by molar-refractivity contribution is -0.149. The molecule has 6 heteroatoms. The molecule has 1 aromatic rings. The van der Waals surface area contributed by atoms with E-state index in [1.54, 1.807) is 18.2 Å². The van der Waals surface area contributed by atoms with Gasteiger partial charge in [0.15, 0.2) is 0 Å². The molecule has 1 heterocycles. The number of nitrogens with one attached hydrogen (secondary N) is 1. The molecule has 0 radical (unpaired) electrons. The van der Waals surface area contributed by atoms with Crippen LogP contribution in [0.1, 0.15) is 44.7 Å². The van der Waals surface area contributed by atoms with Gasteiger partial charge >= 0.3 is 5.97 Å². The Hall–Kier alpha value is -2.24. The SMILES string of the molecule is CC1(C)C[C@H](NC(=O)C2(C(=O)O)CC2)c2cc(N)ccc2O1. The van der Waals surface area contributed by atoms with Crippen molar-refractivity contribution in [1.29, 1.82) is 0 Å². The second-order valence-corrected chi connectivity index (χ2v) is 6.78. The monoisotopic (exact) mass is 304 g/mol. The number of nitrogen functional groups attached to an aromatic ring is 1. The van der Waals surface area contributed by atoms with Gasteiger partial charge in [-0.2, -0.15) is 0 Å². The molecule has 6 nitrogen and oxygen atoms in total. The van der Waals surface area contributed by atoms with Gasteiger partial charge in [0.05, 0.1) is 6.04 Å². The lowest BCUT2D eigenvalue weighted by Crippen LogP contribution is -2.45. The van der Waals surface area contributed by atoms with Crippen LogP contribution in [0.25, 0.3) is 0 Å². The van der Waals surface area contributed by atoms with E-state index < -0.39 is 22.9 Å². The summed E-state index contributed by atoms with van der Waals surface area (Å²) in [4.78, 5) is 23.7. The van der Waals surface area contributed by atoms with Gasteiger partial charge in [0, 0.05) is 17.7 Å². The number of anilines is 1. The van der Waals surface area contributed by atoms with Crippen molar-refractivity contribution < 1.29 is 19.4 Å². The summed E-state index contributed by atoms with van der Waals surface area (Å²) in [5.74, 6) is -0.795. The molecule has 0 aromatic heterocycles. The Morgan fingerprint density at radius 3 is 2.64 bits per heavy atom. The predicted molar refractivity (Wildman–Crippen MR) is 80.4 cm³/mol. The van der Waals surface area contributed by atoms with Gasteiger partial charge in [-0.3, -0.25) is 9.59 Å². The van der Waals surface area contributed by atoms with E-state index in [1.165, 1.54) is 0 Å². The van der Waals surface area contributed by atoms with Crippen LogP contribution < -0.4 is 15.8 Å². The maximum atomic E-state index is 12.4. The number of amides is 1. The van der Waals surface area contributed by atoms with Crippen LogP contribution >= 0.6 is 0 Å². The molecule has 1 fully saturated rings. The summed E-state index contributed by atoms with van der Waals surface area (Å²) in [6.07, 6.45) is 1.35. The smallest absolute Gasteiger partial charge is 0.319 e. The summed E-state index contributed by atoms with van der Waals surface area (Å²) in [7, 11) is 0. The van der Waals surface area contributed by atoms with E-state index >= 15 is 0 Å². The third-order valence-electron chi connectivity index (χ3n) is 4.39. The molecule has 0 unspecified atom stereocenters. The number of carbonyl (C=O) groups excluding carboxylic acids is 1. The zero-order chi connectivity index (χ0) is 16.1. The third-order valence-corrected chi connectivity index (χ3v) is 4.39. The molecular weight excluding hydrogens is 284 g/mol. The zero-order valence-corrected chi connectivity index (χ0v) is 12.7. The van der Waals surface area contributed by atoms with Crippen LogP contribution in [0.4, 0.5) is 5.69 Å². The molecule has 4 N–H and O–H groups in total. The lowest BCUT2D eigenvalue weighted by Gasteiger charge is -2.38. The van der Waals surface area contributed by atoms with Crippen molar-refractivity contribution in [1.82, 2.24) is 5.32 Å². The average Bonchev–Trinajstić information content (AvgIpc) is 3.20. The topological polar surface area (TPSA) is 102 Å². The molecule has 22 heavy (non-hydrogen) atoms. The highest BCUT2D eigenvalue weighted by Gasteiger charge is 2.57. The first-order chi connectivity index (χ1) is 10.2. The molecule has 1 aliphatic carbocycles. The van der Waals surface area contributed by atoms with E-state index in [9.17, 15) is 14.7 Å². The predicted octanol–water partition coefficient (Wildman–Crippen LogP) is 1.85. The molecule has 1 aromatic carbocycles. The second-order valence-electron chi connectivity index (χ2n) is 6.78. The number of carbonyl (C=O) groups is 2. The fourth-order valence-electron chi connectivity index (χ4n) is 2.96. The highest BCUT2D eigenvalue weighted by atomic mass is 16.5. The van der Waals surface area contributed by atoms with Crippen LogP contribution in [0.15, 0.2) is 18.2 Å². The van der Waals surface area contributed by atoms with Crippen molar-refractivity contribution in [3.05, 3.63) is 23.8 Å². The van der Waals surface area contributed by atoms with Crippen LogP contribution in [-0.4, -0.2) is 22.6 Å². The highest BCUT2D eigenvalue weighted by Crippen LogP contribution is 2.47. The number of rotatable bonds is 3. The largest absolute Gasteiger partial charge is 0.487 e. The van der Waals surface area contributed by atoms with Crippen molar-refractivity contribution >= 4 is 17.6 Å². The summed E-state index contributed by atoms with van der Waals surface area (Å²) in [6.45, 7) is 3.88. The summed E-state index contributed by atoms with van der Waals surface area (Å²) in [5.41, 5.74) is 5.52. The Labute approximate surface area is 128 Å². The van der Waals surface area contributed by atoms with E-state index in [4.69, 9.17) is 10.5 Å². The van der Waals surface area contributed by atoms with Gasteiger partial charge in [0.25, 0.3) is 0 Å². The molecule has 1 saturated carbocycles. The molecule has 0 saturated heterocycles. The number of carboxylic acids is 1. The van der Waals surface area contributed by atoms with Gasteiger partial charge in [-0.15, -0.1) is 0 Å². The quantitative estimate of drug-likeness (QED) is 0.584. The fourth-order valence-corrected chi connectivity index (χ4v) is 2.96. The maximum absolute atomic E-state index is 12.4. The number of aliphatic carboxylic acids is 1. The van der Waals surface area contributed by atoms with Crippen molar-refractivity contribution in [2.45, 2.75) is 44.8 Å². The summed E-state index contributed by atoms with van der Waals surface area (Å²) < 4.78 is 5.91. The Bertz CT molecular complexity index is 650. The molecule has 1 atom stereocenters. The Kier molecular flexibility index (Phi) is 3.09. The molecular formula is C16H20N2O4. The van der Waals surface area contributed by atoms with Gasteiger partial charge in [0.2, 0.25) is 5.91 Å². The normalized spacial score (nSPS) is 23.8. The van der Waals surface area contributed by atoms with E-state index in [2.05, 4.69) is 5.32 Å². The first-order valence-corrected chi connectivity index (χ1v) is 7.36. The summed E-state index contributed by atoms with van der Waals surface area (Å²) in [5, 5.41) is 12.1. The lowest BCUT2D eigenvalue weighted by atomic mass is 9.89. The third kappa shape index (κ3) is 2.38. The fraction of sp³-hybridized carbons (Fsp3) is 0.500. The van der Waals surface area contributed by atoms with Gasteiger partial charge < -0.3 is 20.9 Å². The summed E-state index contributed by atoms with van der Waals surface area (Å²) >= 11 is 0. The minimum Gasteiger partial charge on any atom is -0.487 e. The molecule has 1 aliphatic heterocycles. The van der Waals surface area contributed by atoms with E-state index in [0.29, 0.717) is 30.7 Å². The minimum absolute atomic E-state index is 0.299. The van der Waals surface area contributed by atoms with Gasteiger partial charge in [-0.05, 0) is 44.9 Å². The number of nitrogens with two attached hydrogens (primary N) is 1. The number of carboxylic acid groups (broad SMARTS) is 1. The van der Waals surface area contributed by atoms with E-state index in [1.807, 2.05) is 13.8 Å². The molecule has 118 valence electrons. The van der Waals surface area contributed by atoms with Crippen LogP contribution in [-0.2, 0) is 9.59 Å². The van der Waals surface area contributed by atoms with Crippen LogP contribution in [0.3, 0.4) is 0 Å². The maximum Gasteiger partial charge on any atom is 0.319 e. The first kappa shape index (κ1) is 14.7. The number of fused-ring (bicyclic) bond motifs is 1. The molecule has 0 bridgehead atoms. The highest BCUT2D eigenvalue weighted by molar-refractivity contribution is 6.05. The van der Waals surface area contributed by atoms with Crippen molar-refractivity contribution in [3.63, 3.8) is 0 Å². The zero-order valence-electron chi connectivity index (χ0n) is 12.7. The van der Waals surface area contributed by atoms with Gasteiger partial charge in [-0.25, -0.2) is 0 Å². The molecule has 2 aliphatic rings. The molecule has 3 rings (SSSR count). The molecule has 0 spiro atoms. The van der Waals surface area contributed by atoms with Gasteiger partial charge in [0.1, 0.15) is 16.8 Å². The van der Waals surface area contributed by atoms with Crippen molar-refractivity contribution in [2.75, 3.05) is 5.73 Å². The Morgan fingerprint density at radius 1 is 1.36 bits per heavy atom. The molecule has 1 amide bonds. The van der Waals surface area contributed by atoms with E-state index in [0.717, 1.165) is 5.56 Å². The number of hydrogen-bond acceptors (Lipinski definition) is 4. The van der Waals surface area contributed by atoms with Crippen LogP contribution in [0.2, 0.25) is 0 Å². The number of ether oxygens (including phenoxy) is 1. The number of hydrogen-bond donors (Lipinski definition) is 3. The first-order valence-electron chi connectivity index (χ1n) is 7.36. The second kappa shape index (κ2) is 4.63. The van der Waals surface area contributed by atoms with Crippen LogP contribution in [0.5, 0.6) is 5.75 Å².